The van der Waals surface area contributed by atoms with Crippen LogP contribution >= 0.6 is 0 Å². The highest BCUT2D eigenvalue weighted by atomic mass is 16.4. The summed E-state index contributed by atoms with van der Waals surface area (Å²) in [6.45, 7) is 11.5. The van der Waals surface area contributed by atoms with Gasteiger partial charge in [0, 0.05) is 62.2 Å². The maximum atomic E-state index is 15.3. The van der Waals surface area contributed by atoms with E-state index in [1.807, 2.05) is 0 Å². The first-order valence-electron chi connectivity index (χ1n) is 44.7. The highest BCUT2D eigenvalue weighted by Gasteiger charge is 2.40. The van der Waals surface area contributed by atoms with Crippen LogP contribution in [0.3, 0.4) is 0 Å². The van der Waals surface area contributed by atoms with Gasteiger partial charge in [-0.15, -0.1) is 0 Å². The number of rotatable bonds is 60. The Hall–Kier alpha value is -15.7. The number of phenols is 1. The Morgan fingerprint density at radius 3 is 1.17 bits per heavy atom. The molecule has 0 fully saturated rings. The van der Waals surface area contributed by atoms with E-state index in [0.29, 0.717) is 27.6 Å². The lowest BCUT2D eigenvalue weighted by molar-refractivity contribution is -0.142. The second-order valence-electron chi connectivity index (χ2n) is 34.5. The summed E-state index contributed by atoms with van der Waals surface area (Å²) in [5, 5.41) is 86.6. The van der Waals surface area contributed by atoms with Gasteiger partial charge in [-0.1, -0.05) is 133 Å². The van der Waals surface area contributed by atoms with Crippen molar-refractivity contribution in [1.82, 2.24) is 90.1 Å². The number of nitrogens with one attached hydrogen (secondary N) is 18. The third-order valence-corrected chi connectivity index (χ3v) is 21.4. The summed E-state index contributed by atoms with van der Waals surface area (Å²) in [7, 11) is 0. The van der Waals surface area contributed by atoms with Gasteiger partial charge in [0.1, 0.15) is 96.9 Å². The number of amides is 18. The zero-order valence-electron chi connectivity index (χ0n) is 78.1. The van der Waals surface area contributed by atoms with Crippen LogP contribution < -0.4 is 114 Å². The number of phenolic OH excluding ortho intramolecular Hbond substituents is 1. The summed E-state index contributed by atoms with van der Waals surface area (Å²) < 4.78 is 0. The van der Waals surface area contributed by atoms with Crippen LogP contribution in [0.2, 0.25) is 0 Å². The highest BCUT2D eigenvalue weighted by molar-refractivity contribution is 6.03. The van der Waals surface area contributed by atoms with E-state index in [0.717, 1.165) is 6.92 Å². The molecule has 139 heavy (non-hydrogen) atoms. The molecule has 1 heterocycles. The molecule has 48 nitrogen and oxygen atoms in total. The summed E-state index contributed by atoms with van der Waals surface area (Å²) in [5.41, 5.74) is 29.9. The summed E-state index contributed by atoms with van der Waals surface area (Å²) >= 11 is 0. The molecule has 4 aromatic carbocycles. The first-order valence-corrected chi connectivity index (χ1v) is 44.7. The van der Waals surface area contributed by atoms with Crippen LogP contribution in [0.25, 0.3) is 10.9 Å². The zero-order valence-corrected chi connectivity index (χ0v) is 78.1. The van der Waals surface area contributed by atoms with Gasteiger partial charge in [-0.05, 0) is 111 Å². The van der Waals surface area contributed by atoms with Gasteiger partial charge in [0.15, 0.2) is 5.96 Å². The van der Waals surface area contributed by atoms with Gasteiger partial charge in [0.2, 0.25) is 106 Å². The number of aromatic amines is 1. The Bertz CT molecular complexity index is 5180. The number of guanidine groups is 1. The van der Waals surface area contributed by atoms with Crippen molar-refractivity contribution in [1.29, 1.82) is 5.41 Å². The van der Waals surface area contributed by atoms with Crippen LogP contribution in [-0.4, -0.2) is 259 Å². The number of carboxylic acid groups (broad SMARTS) is 3. The molecule has 32 N–H and O–H groups in total. The largest absolute Gasteiger partial charge is 0.508 e. The van der Waals surface area contributed by atoms with E-state index >= 15 is 19.2 Å². The number of primary amides is 3. The van der Waals surface area contributed by atoms with Gasteiger partial charge in [-0.3, -0.25) is 106 Å². The summed E-state index contributed by atoms with van der Waals surface area (Å²) in [4.78, 5) is 292. The van der Waals surface area contributed by atoms with Crippen LogP contribution in [0, 0.1) is 23.2 Å². The number of fused-ring (bicyclic) bond motifs is 1. The van der Waals surface area contributed by atoms with E-state index in [4.69, 9.17) is 39.2 Å². The summed E-state index contributed by atoms with van der Waals surface area (Å²) in [6, 6.07) is 2.41. The van der Waals surface area contributed by atoms with Crippen molar-refractivity contribution in [2.45, 2.75) is 242 Å². The predicted molar refractivity (Wildman–Crippen MR) is 499 cm³/mol. The quantitative estimate of drug-likeness (QED) is 0.00983. The Labute approximate surface area is 799 Å². The lowest BCUT2D eigenvalue weighted by Gasteiger charge is -2.29. The second kappa shape index (κ2) is 56.6. The molecule has 0 aliphatic rings. The third kappa shape index (κ3) is 40.8. The van der Waals surface area contributed by atoms with Crippen LogP contribution in [0.1, 0.15) is 148 Å². The molecule has 0 aliphatic carbocycles. The van der Waals surface area contributed by atoms with E-state index in [-0.39, 0.29) is 68.2 Å². The number of aromatic nitrogens is 1. The third-order valence-electron chi connectivity index (χ3n) is 21.4. The molecule has 0 saturated carbocycles. The molecule has 0 spiro atoms. The summed E-state index contributed by atoms with van der Waals surface area (Å²) in [5.74, 6) is -26.2. The fourth-order valence-electron chi connectivity index (χ4n) is 14.2. The fourth-order valence-corrected chi connectivity index (χ4v) is 14.2. The molecule has 5 rings (SSSR count). The SMILES string of the molecule is CC(C)C[C@H](NC(=O)[C@H](CCC(=O)O)NC(=O)[C@H](C)NC(=O)[C@@H](NC(=O)[C@H](Cc1ccccc1)NC(=O)[C@H](Cc1c[nH]c2ccccc12)NC(=O)[C@H](CC(=O)O)NC(=O)[C@H](Cc1ccc(O)cc1)NC(=O)[C@H](Cc1ccccc1)NC(=O)[C@H](CC(N)=O)NC(=O)[C@H](C)NC(=O)[C@H](CC(N)=O)NC(=O)[C@H](CCCNC(=N)N)NC(=O)[C@H](CCC(N)=O)NC(=O)[C@@H](N)CC(C)C)C(C)C)C(=O)NCC(=O)O. The number of nitrogens with two attached hydrogens (primary N) is 5. The standard InChI is InChI=1S/C91H127N23O25/c1-45(2)34-56(92)78(127)104-59(29-31-69(93)116)81(130)105-58(24-17-33-98-91(96)97)80(129)112-66(40-70(94)117)83(132)101-48(7)77(126)106-67(41-71(95)118)87(136)109-62(36-50-18-11-9-12-19-50)84(133)108-63(38-52-25-27-54(115)28-26-52)85(134)113-68(42-73(121)122)88(137)111-65(39-53-43-99-57-23-16-15-22-55(53)57)86(135)110-64(37-51-20-13-10-14-21-51)89(138)114-75(47(5)6)90(139)102-49(8)76(125)103-60(30-32-72(119)120)82(131)107-61(35-46(3)4)79(128)100-44-74(123)124/h9-16,18-23,25-28,43,45-49,56,58-68,75,99,115H,17,24,29-42,44,92H2,1-8H3,(H2,93,116)(H2,94,117)(H2,95,118)(H,100,128)(H,101,132)(H,102,139)(H,103,125)(H,104,127)(H,105,130)(H,106,126)(H,107,131)(H,108,133)(H,109,136)(H,110,135)(H,111,137)(H,112,129)(H,113,134)(H,114,138)(H,119,120)(H,121,122)(H,123,124)(H4,96,97,98)/t48-,49-,56-,58-,59-,60-,61-,62-,63-,64-,65-,66-,67-,68-,75-/m0/s1. The minimum Gasteiger partial charge on any atom is -0.508 e. The number of aromatic hydroxyl groups is 1. The molecule has 0 unspecified atom stereocenters. The molecule has 18 amide bonds. The number of aliphatic carboxylic acids is 3. The van der Waals surface area contributed by atoms with Crippen molar-refractivity contribution in [2.24, 2.45) is 46.4 Å². The second-order valence-corrected chi connectivity index (χ2v) is 34.5. The van der Waals surface area contributed by atoms with Crippen molar-refractivity contribution in [2.75, 3.05) is 13.1 Å². The molecule has 0 saturated heterocycles. The molecule has 15 atom stereocenters. The van der Waals surface area contributed by atoms with Crippen LogP contribution in [0.4, 0.5) is 0 Å². The van der Waals surface area contributed by atoms with E-state index < -0.39 is 291 Å². The first-order chi connectivity index (χ1) is 65.5. The van der Waals surface area contributed by atoms with Gasteiger partial charge < -0.3 is 139 Å². The Morgan fingerprint density at radius 2 is 0.719 bits per heavy atom. The predicted octanol–water partition coefficient (Wildman–Crippen LogP) is -5.13. The van der Waals surface area contributed by atoms with Crippen LogP contribution in [0.5, 0.6) is 5.75 Å². The lowest BCUT2D eigenvalue weighted by atomic mass is 9.99. The van der Waals surface area contributed by atoms with E-state index in [2.05, 4.69) is 90.1 Å². The van der Waals surface area contributed by atoms with Gasteiger partial charge in [0.25, 0.3) is 0 Å². The topological polar surface area (TPSA) is 802 Å². The maximum absolute atomic E-state index is 15.3. The van der Waals surface area contributed by atoms with E-state index in [9.17, 15) is 96.8 Å². The molecule has 5 aromatic rings. The van der Waals surface area contributed by atoms with Gasteiger partial charge >= 0.3 is 17.9 Å². The fraction of sp³-hybridized carbons (Fsp3) is 0.473. The molecule has 1 aromatic heterocycles. The van der Waals surface area contributed by atoms with Crippen molar-refractivity contribution in [3.63, 3.8) is 0 Å². The maximum Gasteiger partial charge on any atom is 0.322 e. The number of carbonyl (C=O) groups excluding carboxylic acids is 18. The lowest BCUT2D eigenvalue weighted by Crippen LogP contribution is -2.62. The Morgan fingerprint density at radius 1 is 0.345 bits per heavy atom. The number of H-pyrrole nitrogens is 1. The average molecular weight is 1940 g/mol. The van der Waals surface area contributed by atoms with Crippen LogP contribution in [0.15, 0.2) is 115 Å². The Balaban J connectivity index is 1.45. The Kier molecular flexibility index (Phi) is 46.4. The molecule has 0 bridgehead atoms. The van der Waals surface area contributed by atoms with E-state index in [1.165, 1.54) is 63.4 Å². The number of carbonyl (C=O) groups is 21. The molecular weight excluding hydrogens is 1820 g/mol. The smallest absolute Gasteiger partial charge is 0.322 e. The van der Waals surface area contributed by atoms with Crippen molar-refractivity contribution < 1.29 is 121 Å². The molecule has 0 radical (unpaired) electrons. The summed E-state index contributed by atoms with van der Waals surface area (Å²) in [6.07, 6.45) is -5.49. The number of para-hydroxylation sites is 1. The molecular formula is C91H127N23O25. The number of hydrogen-bond acceptors (Lipinski definition) is 24. The number of carboxylic acids is 3. The molecule has 48 heteroatoms. The first kappa shape index (κ1) is 114. The van der Waals surface area contributed by atoms with Crippen molar-refractivity contribution in [3.05, 3.63) is 138 Å². The van der Waals surface area contributed by atoms with Crippen molar-refractivity contribution in [3.8, 4) is 5.75 Å². The minimum absolute atomic E-state index is 0.00761. The minimum atomic E-state index is -2.16. The number of hydrogen-bond donors (Lipinski definition) is 27. The number of benzene rings is 4. The average Bonchev–Trinajstić information content (AvgIpc) is 1.70. The normalized spacial score (nSPS) is 14.3. The van der Waals surface area contributed by atoms with Gasteiger partial charge in [0.05, 0.1) is 25.3 Å². The van der Waals surface area contributed by atoms with Gasteiger partial charge in [-0.25, -0.2) is 0 Å². The van der Waals surface area contributed by atoms with E-state index in [1.54, 1.807) is 100 Å². The monoisotopic (exact) mass is 1940 g/mol. The van der Waals surface area contributed by atoms with Crippen molar-refractivity contribution >= 4 is 141 Å². The van der Waals surface area contributed by atoms with Gasteiger partial charge in [-0.2, -0.15) is 0 Å². The van der Waals surface area contributed by atoms with Crippen LogP contribution in [-0.2, 0) is 126 Å². The highest BCUT2D eigenvalue weighted by Crippen LogP contribution is 2.22. The molecule has 756 valence electrons. The zero-order chi connectivity index (χ0) is 104. The molecule has 0 aliphatic heterocycles.